The highest BCUT2D eigenvalue weighted by Crippen LogP contribution is 2.22. The van der Waals surface area contributed by atoms with E-state index in [2.05, 4.69) is 0 Å². The van der Waals surface area contributed by atoms with E-state index >= 15 is 0 Å². The number of aryl methyl sites for hydroxylation is 2. The minimum atomic E-state index is -4.69. The fraction of sp³-hybridized carbons (Fsp3) is 0.500. The highest BCUT2D eigenvalue weighted by molar-refractivity contribution is 5.94. The third-order valence-electron chi connectivity index (χ3n) is 2.60. The highest BCUT2D eigenvalue weighted by atomic mass is 19.4. The Bertz CT molecular complexity index is 507. The van der Waals surface area contributed by atoms with Gasteiger partial charge in [0, 0.05) is 6.42 Å². The summed E-state index contributed by atoms with van der Waals surface area (Å²) in [4.78, 5) is 22.4. The van der Waals surface area contributed by atoms with Gasteiger partial charge in [-0.05, 0) is 18.6 Å². The highest BCUT2D eigenvalue weighted by Gasteiger charge is 2.36. The SMILES string of the molecule is CCc1oc(C(=O)NC(CC(F)(F)F)C(=O)O)cc1C. The molecule has 0 fully saturated rings. The standard InChI is InChI=1S/C12H14F3NO4/c1-3-8-6(2)4-9(20-8)10(17)16-7(11(18)19)5-12(13,14)15/h4,7H,3,5H2,1-2H3,(H,16,17)(H,18,19). The van der Waals surface area contributed by atoms with Crippen molar-refractivity contribution >= 4 is 11.9 Å². The molecule has 0 radical (unpaired) electrons. The van der Waals surface area contributed by atoms with Crippen LogP contribution in [0.3, 0.4) is 0 Å². The lowest BCUT2D eigenvalue weighted by Gasteiger charge is -2.15. The number of carboxylic acid groups (broad SMARTS) is 1. The average molecular weight is 293 g/mol. The van der Waals surface area contributed by atoms with Crippen molar-refractivity contribution in [1.82, 2.24) is 5.32 Å². The molecule has 1 amide bonds. The number of halogens is 3. The van der Waals surface area contributed by atoms with Gasteiger partial charge in [-0.25, -0.2) is 4.79 Å². The Kier molecular flexibility index (Phi) is 4.80. The topological polar surface area (TPSA) is 79.5 Å². The third kappa shape index (κ3) is 4.29. The van der Waals surface area contributed by atoms with E-state index in [1.165, 1.54) is 6.07 Å². The van der Waals surface area contributed by atoms with Gasteiger partial charge in [-0.1, -0.05) is 6.92 Å². The lowest BCUT2D eigenvalue weighted by atomic mass is 10.2. The molecule has 1 aromatic heterocycles. The van der Waals surface area contributed by atoms with Crippen LogP contribution in [0, 0.1) is 6.92 Å². The lowest BCUT2D eigenvalue weighted by Crippen LogP contribution is -2.43. The van der Waals surface area contributed by atoms with Crippen LogP contribution in [0.5, 0.6) is 0 Å². The molecule has 2 N–H and O–H groups in total. The van der Waals surface area contributed by atoms with Crippen LogP contribution in [-0.4, -0.2) is 29.2 Å². The number of amides is 1. The summed E-state index contributed by atoms with van der Waals surface area (Å²) in [6, 6.07) is -0.682. The Balaban J connectivity index is 2.82. The molecular weight excluding hydrogens is 279 g/mol. The number of alkyl halides is 3. The molecule has 1 heterocycles. The fourth-order valence-electron chi connectivity index (χ4n) is 1.64. The smallest absolute Gasteiger partial charge is 0.391 e. The van der Waals surface area contributed by atoms with Crippen molar-refractivity contribution in [3.63, 3.8) is 0 Å². The largest absolute Gasteiger partial charge is 0.480 e. The maximum absolute atomic E-state index is 12.2. The lowest BCUT2D eigenvalue weighted by molar-refractivity contribution is -0.157. The van der Waals surface area contributed by atoms with Crippen molar-refractivity contribution in [2.75, 3.05) is 0 Å². The van der Waals surface area contributed by atoms with Crippen LogP contribution in [0.15, 0.2) is 10.5 Å². The quantitative estimate of drug-likeness (QED) is 0.873. The van der Waals surface area contributed by atoms with Gasteiger partial charge in [0.15, 0.2) is 5.76 Å². The first-order chi connectivity index (χ1) is 9.14. The molecule has 5 nitrogen and oxygen atoms in total. The third-order valence-corrected chi connectivity index (χ3v) is 2.60. The van der Waals surface area contributed by atoms with Gasteiger partial charge in [0.25, 0.3) is 5.91 Å². The first-order valence-electron chi connectivity index (χ1n) is 5.83. The van der Waals surface area contributed by atoms with Crippen molar-refractivity contribution < 1.29 is 32.3 Å². The van der Waals surface area contributed by atoms with E-state index in [4.69, 9.17) is 9.52 Å². The zero-order chi connectivity index (χ0) is 15.5. The summed E-state index contributed by atoms with van der Waals surface area (Å²) in [7, 11) is 0. The normalized spacial score (nSPS) is 13.1. The molecule has 0 saturated carbocycles. The van der Waals surface area contributed by atoms with E-state index in [9.17, 15) is 22.8 Å². The number of carbonyl (C=O) groups is 2. The molecule has 112 valence electrons. The summed E-state index contributed by atoms with van der Waals surface area (Å²) in [6.07, 6.45) is -5.82. The Morgan fingerprint density at radius 2 is 2.05 bits per heavy atom. The Labute approximate surface area is 112 Å². The average Bonchev–Trinajstić information content (AvgIpc) is 2.67. The molecule has 0 bridgehead atoms. The molecule has 1 unspecified atom stereocenters. The monoisotopic (exact) mass is 293 g/mol. The molecule has 8 heteroatoms. The maximum Gasteiger partial charge on any atom is 0.391 e. The van der Waals surface area contributed by atoms with Crippen LogP contribution in [-0.2, 0) is 11.2 Å². The predicted octanol–water partition coefficient (Wildman–Crippen LogP) is 2.29. The number of rotatable bonds is 5. The van der Waals surface area contributed by atoms with E-state index in [-0.39, 0.29) is 5.76 Å². The van der Waals surface area contributed by atoms with Crippen LogP contribution in [0.1, 0.15) is 35.2 Å². The minimum absolute atomic E-state index is 0.201. The molecule has 0 saturated heterocycles. The molecule has 1 rings (SSSR count). The molecule has 20 heavy (non-hydrogen) atoms. The molecular formula is C12H14F3NO4. The summed E-state index contributed by atoms with van der Waals surface area (Å²) in [6.45, 7) is 3.47. The van der Waals surface area contributed by atoms with Crippen molar-refractivity contribution in [3.8, 4) is 0 Å². The van der Waals surface area contributed by atoms with Gasteiger partial charge in [-0.3, -0.25) is 4.79 Å². The Hall–Kier alpha value is -1.99. The second-order valence-electron chi connectivity index (χ2n) is 4.25. The second-order valence-corrected chi connectivity index (χ2v) is 4.25. The van der Waals surface area contributed by atoms with Gasteiger partial charge in [-0.2, -0.15) is 13.2 Å². The number of hydrogen-bond donors (Lipinski definition) is 2. The molecule has 0 aliphatic heterocycles. The Morgan fingerprint density at radius 1 is 1.45 bits per heavy atom. The van der Waals surface area contributed by atoms with E-state index in [0.29, 0.717) is 17.7 Å². The number of nitrogens with one attached hydrogen (secondary N) is 1. The minimum Gasteiger partial charge on any atom is -0.480 e. The van der Waals surface area contributed by atoms with Gasteiger partial charge in [0.1, 0.15) is 11.8 Å². The molecule has 1 atom stereocenters. The molecule has 0 aromatic carbocycles. The van der Waals surface area contributed by atoms with Gasteiger partial charge in [0.05, 0.1) is 6.42 Å². The number of carbonyl (C=O) groups excluding carboxylic acids is 1. The van der Waals surface area contributed by atoms with Crippen LogP contribution < -0.4 is 5.32 Å². The Morgan fingerprint density at radius 3 is 2.45 bits per heavy atom. The zero-order valence-corrected chi connectivity index (χ0v) is 10.9. The van der Waals surface area contributed by atoms with Crippen molar-refractivity contribution in [2.24, 2.45) is 0 Å². The number of aliphatic carboxylic acids is 1. The van der Waals surface area contributed by atoms with Crippen molar-refractivity contribution in [2.45, 2.75) is 38.9 Å². The second kappa shape index (κ2) is 5.98. The molecule has 0 spiro atoms. The van der Waals surface area contributed by atoms with E-state index in [0.717, 1.165) is 0 Å². The van der Waals surface area contributed by atoms with Crippen LogP contribution in [0.2, 0.25) is 0 Å². The van der Waals surface area contributed by atoms with Crippen molar-refractivity contribution in [3.05, 3.63) is 23.2 Å². The summed E-state index contributed by atoms with van der Waals surface area (Å²) in [5.41, 5.74) is 0.681. The maximum atomic E-state index is 12.2. The van der Waals surface area contributed by atoms with E-state index < -0.39 is 30.5 Å². The molecule has 0 aliphatic carbocycles. The van der Waals surface area contributed by atoms with Crippen LogP contribution in [0.25, 0.3) is 0 Å². The zero-order valence-electron chi connectivity index (χ0n) is 10.9. The van der Waals surface area contributed by atoms with Crippen LogP contribution in [0.4, 0.5) is 13.2 Å². The summed E-state index contributed by atoms with van der Waals surface area (Å²) >= 11 is 0. The molecule has 1 aromatic rings. The number of hydrogen-bond acceptors (Lipinski definition) is 3. The van der Waals surface area contributed by atoms with Gasteiger partial charge in [-0.15, -0.1) is 0 Å². The number of furan rings is 1. The predicted molar refractivity (Wildman–Crippen MR) is 62.4 cm³/mol. The van der Waals surface area contributed by atoms with Gasteiger partial charge < -0.3 is 14.8 Å². The first-order valence-corrected chi connectivity index (χ1v) is 5.83. The van der Waals surface area contributed by atoms with Crippen molar-refractivity contribution in [1.29, 1.82) is 0 Å². The van der Waals surface area contributed by atoms with Gasteiger partial charge in [0.2, 0.25) is 0 Å². The van der Waals surface area contributed by atoms with Crippen LogP contribution >= 0.6 is 0 Å². The molecule has 0 aliphatic rings. The summed E-state index contributed by atoms with van der Waals surface area (Å²) < 4.78 is 41.8. The van der Waals surface area contributed by atoms with E-state index in [1.54, 1.807) is 19.2 Å². The number of carboxylic acids is 1. The fourth-order valence-corrected chi connectivity index (χ4v) is 1.64. The first kappa shape index (κ1) is 16.1. The van der Waals surface area contributed by atoms with E-state index in [1.807, 2.05) is 0 Å². The summed E-state index contributed by atoms with van der Waals surface area (Å²) in [5.74, 6) is -2.41. The van der Waals surface area contributed by atoms with Gasteiger partial charge >= 0.3 is 12.1 Å². The summed E-state index contributed by atoms with van der Waals surface area (Å²) in [5, 5.41) is 10.5.